The minimum absolute atomic E-state index is 0.0625. The van der Waals surface area contributed by atoms with E-state index in [1.165, 1.54) is 13.1 Å². The molecular weight excluding hydrogens is 324 g/mol. The van der Waals surface area contributed by atoms with E-state index in [1.807, 2.05) is 0 Å². The lowest BCUT2D eigenvalue weighted by Gasteiger charge is -2.27. The van der Waals surface area contributed by atoms with Gasteiger partial charge in [0.25, 0.3) is 0 Å². The summed E-state index contributed by atoms with van der Waals surface area (Å²) in [5.41, 5.74) is 0.491. The number of aromatic nitrogens is 2. The molecule has 2 N–H and O–H groups in total. The predicted octanol–water partition coefficient (Wildman–Crippen LogP) is 0.148. The van der Waals surface area contributed by atoms with E-state index in [-0.39, 0.29) is 18.1 Å². The highest BCUT2D eigenvalue weighted by Crippen LogP contribution is 2.17. The SMILES string of the molecule is CC(OC(=O)c1cn2cccc(Cl)c2n1)C1NC(=O)CNC1=O. The number of hydrogen-bond acceptors (Lipinski definition) is 5. The third-order valence-electron chi connectivity index (χ3n) is 3.43. The van der Waals surface area contributed by atoms with Crippen LogP contribution < -0.4 is 10.6 Å². The zero-order valence-corrected chi connectivity index (χ0v) is 12.8. The Morgan fingerprint density at radius 1 is 1.52 bits per heavy atom. The van der Waals surface area contributed by atoms with Crippen LogP contribution in [0.5, 0.6) is 0 Å². The van der Waals surface area contributed by atoms with Crippen LogP contribution in [0.25, 0.3) is 5.65 Å². The summed E-state index contributed by atoms with van der Waals surface area (Å²) >= 11 is 6.00. The normalized spacial score (nSPS) is 19.1. The van der Waals surface area contributed by atoms with E-state index in [0.717, 1.165) is 0 Å². The highest BCUT2D eigenvalue weighted by atomic mass is 35.5. The summed E-state index contributed by atoms with van der Waals surface area (Å²) in [5, 5.41) is 5.31. The van der Waals surface area contributed by atoms with Crippen molar-refractivity contribution in [3.63, 3.8) is 0 Å². The summed E-state index contributed by atoms with van der Waals surface area (Å²) in [6.07, 6.45) is 2.34. The fraction of sp³-hybridized carbons (Fsp3) is 0.286. The first-order valence-corrected chi connectivity index (χ1v) is 7.25. The van der Waals surface area contributed by atoms with E-state index in [1.54, 1.807) is 22.7 Å². The molecule has 120 valence electrons. The summed E-state index contributed by atoms with van der Waals surface area (Å²) in [5.74, 6) is -1.44. The van der Waals surface area contributed by atoms with Gasteiger partial charge in [0.1, 0.15) is 12.1 Å². The Balaban J connectivity index is 1.76. The number of rotatable bonds is 3. The minimum atomic E-state index is -0.930. The molecule has 3 heterocycles. The van der Waals surface area contributed by atoms with Crippen LogP contribution in [-0.2, 0) is 14.3 Å². The molecular formula is C14H13ClN4O4. The van der Waals surface area contributed by atoms with Crippen molar-refractivity contribution in [2.75, 3.05) is 6.54 Å². The first-order chi connectivity index (χ1) is 11.0. The molecule has 1 aliphatic heterocycles. The van der Waals surface area contributed by atoms with Crippen LogP contribution in [-0.4, -0.2) is 45.9 Å². The van der Waals surface area contributed by atoms with Crippen molar-refractivity contribution in [2.45, 2.75) is 19.1 Å². The zero-order valence-electron chi connectivity index (χ0n) is 12.1. The highest BCUT2D eigenvalue weighted by molar-refractivity contribution is 6.33. The number of imidazole rings is 1. The van der Waals surface area contributed by atoms with E-state index in [0.29, 0.717) is 10.7 Å². The standard InChI is InChI=1S/C14H13ClN4O4/c1-7(11-13(21)16-5-10(20)18-11)23-14(22)9-6-19-4-2-3-8(15)12(19)17-9/h2-4,6-7,11H,5H2,1H3,(H,16,21)(H,18,20). The second kappa shape index (κ2) is 5.88. The molecule has 2 unspecified atom stereocenters. The first kappa shape index (κ1) is 15.3. The van der Waals surface area contributed by atoms with Crippen molar-refractivity contribution in [2.24, 2.45) is 0 Å². The fourth-order valence-corrected chi connectivity index (χ4v) is 2.48. The number of hydrogen-bond donors (Lipinski definition) is 2. The van der Waals surface area contributed by atoms with Gasteiger partial charge in [-0.15, -0.1) is 0 Å². The summed E-state index contributed by atoms with van der Waals surface area (Å²) in [4.78, 5) is 39.4. The molecule has 0 radical (unpaired) electrons. The van der Waals surface area contributed by atoms with Gasteiger partial charge in [-0.05, 0) is 19.1 Å². The lowest BCUT2D eigenvalue weighted by atomic mass is 10.1. The predicted molar refractivity (Wildman–Crippen MR) is 80.0 cm³/mol. The van der Waals surface area contributed by atoms with Crippen molar-refractivity contribution in [1.29, 1.82) is 0 Å². The molecule has 1 fully saturated rings. The first-order valence-electron chi connectivity index (χ1n) is 6.87. The van der Waals surface area contributed by atoms with Gasteiger partial charge in [-0.25, -0.2) is 9.78 Å². The number of fused-ring (bicyclic) bond motifs is 1. The molecule has 0 aliphatic carbocycles. The minimum Gasteiger partial charge on any atom is -0.455 e. The second-order valence-electron chi connectivity index (χ2n) is 5.09. The van der Waals surface area contributed by atoms with Crippen molar-refractivity contribution >= 4 is 35.0 Å². The molecule has 2 atom stereocenters. The van der Waals surface area contributed by atoms with Gasteiger partial charge in [-0.1, -0.05) is 11.6 Å². The van der Waals surface area contributed by atoms with E-state index >= 15 is 0 Å². The van der Waals surface area contributed by atoms with Crippen LogP contribution in [0.1, 0.15) is 17.4 Å². The number of esters is 1. The third kappa shape index (κ3) is 2.98. The lowest BCUT2D eigenvalue weighted by Crippen LogP contribution is -2.60. The van der Waals surface area contributed by atoms with Crippen molar-refractivity contribution in [3.8, 4) is 0 Å². The third-order valence-corrected chi connectivity index (χ3v) is 3.72. The molecule has 9 heteroatoms. The van der Waals surface area contributed by atoms with Gasteiger partial charge >= 0.3 is 5.97 Å². The van der Waals surface area contributed by atoms with Gasteiger partial charge in [-0.3, -0.25) is 9.59 Å². The smallest absolute Gasteiger partial charge is 0.358 e. The maximum Gasteiger partial charge on any atom is 0.358 e. The number of nitrogens with one attached hydrogen (secondary N) is 2. The summed E-state index contributed by atoms with van der Waals surface area (Å²) in [6.45, 7) is 1.44. The van der Waals surface area contributed by atoms with Gasteiger partial charge in [0.2, 0.25) is 11.8 Å². The molecule has 8 nitrogen and oxygen atoms in total. The average Bonchev–Trinajstić information content (AvgIpc) is 2.95. The van der Waals surface area contributed by atoms with E-state index in [4.69, 9.17) is 16.3 Å². The van der Waals surface area contributed by atoms with Gasteiger partial charge < -0.3 is 19.8 Å². The number of amides is 2. The van der Waals surface area contributed by atoms with Gasteiger partial charge in [-0.2, -0.15) is 0 Å². The number of nitrogens with zero attached hydrogens (tertiary/aromatic N) is 2. The van der Waals surface area contributed by atoms with Crippen LogP contribution in [0.3, 0.4) is 0 Å². The zero-order chi connectivity index (χ0) is 16.6. The molecule has 1 saturated heterocycles. The van der Waals surface area contributed by atoms with Gasteiger partial charge in [0, 0.05) is 12.4 Å². The Bertz CT molecular complexity index is 803. The Morgan fingerprint density at radius 2 is 2.30 bits per heavy atom. The highest BCUT2D eigenvalue weighted by Gasteiger charge is 2.33. The van der Waals surface area contributed by atoms with Crippen molar-refractivity contribution in [1.82, 2.24) is 20.0 Å². The van der Waals surface area contributed by atoms with Crippen LogP contribution in [0.4, 0.5) is 0 Å². The molecule has 1 aliphatic rings. The number of piperazine rings is 1. The Kier molecular flexibility index (Phi) is 3.91. The molecule has 0 saturated carbocycles. The van der Waals surface area contributed by atoms with Gasteiger partial charge in [0.05, 0.1) is 11.6 Å². The number of carbonyl (C=O) groups excluding carboxylic acids is 3. The van der Waals surface area contributed by atoms with Crippen molar-refractivity contribution in [3.05, 3.63) is 35.2 Å². The maximum absolute atomic E-state index is 12.2. The molecule has 2 amide bonds. The second-order valence-corrected chi connectivity index (χ2v) is 5.49. The summed E-state index contributed by atoms with van der Waals surface area (Å²) < 4.78 is 6.83. The number of carbonyl (C=O) groups is 3. The largest absolute Gasteiger partial charge is 0.455 e. The van der Waals surface area contributed by atoms with Crippen LogP contribution in [0.15, 0.2) is 24.5 Å². The van der Waals surface area contributed by atoms with E-state index < -0.39 is 24.0 Å². The molecule has 3 rings (SSSR count). The number of pyridine rings is 1. The average molecular weight is 337 g/mol. The quantitative estimate of drug-likeness (QED) is 0.777. The lowest BCUT2D eigenvalue weighted by molar-refractivity contribution is -0.136. The monoisotopic (exact) mass is 336 g/mol. The Hall–Kier alpha value is -2.61. The van der Waals surface area contributed by atoms with Crippen LogP contribution >= 0.6 is 11.6 Å². The number of ether oxygens (including phenoxy) is 1. The molecule has 0 aromatic carbocycles. The van der Waals surface area contributed by atoms with Gasteiger partial charge in [0.15, 0.2) is 11.3 Å². The van der Waals surface area contributed by atoms with Crippen LogP contribution in [0.2, 0.25) is 5.02 Å². The molecule has 2 aromatic heterocycles. The molecule has 23 heavy (non-hydrogen) atoms. The Morgan fingerprint density at radius 3 is 3.04 bits per heavy atom. The maximum atomic E-state index is 12.2. The Labute approximate surface area is 135 Å². The molecule has 2 aromatic rings. The number of halogens is 1. The van der Waals surface area contributed by atoms with E-state index in [9.17, 15) is 14.4 Å². The van der Waals surface area contributed by atoms with Crippen molar-refractivity contribution < 1.29 is 19.1 Å². The fourth-order valence-electron chi connectivity index (χ4n) is 2.27. The molecule has 0 spiro atoms. The van der Waals surface area contributed by atoms with E-state index in [2.05, 4.69) is 15.6 Å². The topological polar surface area (TPSA) is 102 Å². The van der Waals surface area contributed by atoms with Crippen LogP contribution in [0, 0.1) is 0 Å². The summed E-state index contributed by atoms with van der Waals surface area (Å²) in [7, 11) is 0. The molecule has 0 bridgehead atoms. The summed E-state index contributed by atoms with van der Waals surface area (Å²) in [6, 6.07) is 2.45.